The highest BCUT2D eigenvalue weighted by Crippen LogP contribution is 2.37. The molecule has 5 rings (SSSR count). The Balaban J connectivity index is 1.56. The van der Waals surface area contributed by atoms with Gasteiger partial charge in [-0.1, -0.05) is 6.07 Å². The average molecular weight is 626 g/mol. The number of fused-ring (bicyclic) bond motifs is 1. The lowest BCUT2D eigenvalue weighted by molar-refractivity contribution is -0.137. The fraction of sp³-hybridized carbons (Fsp3) is 0.321. The Labute approximate surface area is 242 Å². The van der Waals surface area contributed by atoms with Gasteiger partial charge in [0.05, 0.1) is 40.4 Å². The van der Waals surface area contributed by atoms with Crippen LogP contribution in [0, 0.1) is 0 Å². The Morgan fingerprint density at radius 3 is 2.26 bits per heavy atom. The summed E-state index contributed by atoms with van der Waals surface area (Å²) in [6.45, 7) is 5.32. The molecule has 228 valence electrons. The second kappa shape index (κ2) is 11.4. The van der Waals surface area contributed by atoms with Crippen LogP contribution in [0.15, 0.2) is 65.7 Å². The lowest BCUT2D eigenvalue weighted by Crippen LogP contribution is -2.45. The largest absolute Gasteiger partial charge is 0.501 e. The maximum absolute atomic E-state index is 13.7. The fourth-order valence-corrected chi connectivity index (χ4v) is 5.72. The Morgan fingerprint density at radius 2 is 1.63 bits per heavy atom. The first-order valence-electron chi connectivity index (χ1n) is 13.0. The average Bonchev–Trinajstić information content (AvgIpc) is 2.91. The maximum Gasteiger partial charge on any atom is 0.501 e. The van der Waals surface area contributed by atoms with E-state index in [0.717, 1.165) is 30.3 Å². The lowest BCUT2D eigenvalue weighted by Gasteiger charge is -2.34. The molecule has 2 atom stereocenters. The molecule has 1 saturated heterocycles. The molecule has 8 nitrogen and oxygen atoms in total. The predicted molar refractivity (Wildman–Crippen MR) is 146 cm³/mol. The van der Waals surface area contributed by atoms with Gasteiger partial charge in [-0.15, -0.1) is 0 Å². The Kier molecular flexibility index (Phi) is 8.09. The number of benzene rings is 2. The zero-order chi connectivity index (χ0) is 31.2. The predicted octanol–water partition coefficient (Wildman–Crippen LogP) is 6.36. The number of alkyl halides is 6. The number of rotatable bonds is 6. The number of nitrogens with one attached hydrogen (secondary N) is 1. The number of hydrogen-bond donors (Lipinski definition) is 1. The van der Waals surface area contributed by atoms with Gasteiger partial charge in [-0.3, -0.25) is 9.88 Å². The summed E-state index contributed by atoms with van der Waals surface area (Å²) in [4.78, 5) is 14.4. The van der Waals surface area contributed by atoms with Crippen molar-refractivity contribution in [1.82, 2.24) is 19.9 Å². The molecule has 2 aromatic heterocycles. The van der Waals surface area contributed by atoms with Crippen LogP contribution in [0.25, 0.3) is 22.2 Å². The molecule has 0 spiro atoms. The molecule has 0 saturated carbocycles. The maximum atomic E-state index is 13.7. The minimum Gasteiger partial charge on any atom is -0.373 e. The Morgan fingerprint density at radius 1 is 0.953 bits per heavy atom. The zero-order valence-electron chi connectivity index (χ0n) is 22.7. The summed E-state index contributed by atoms with van der Waals surface area (Å²) in [5, 5.41) is 3.40. The van der Waals surface area contributed by atoms with E-state index in [1.807, 2.05) is 13.8 Å². The third kappa shape index (κ3) is 6.58. The highest BCUT2D eigenvalue weighted by Gasteiger charge is 2.46. The number of nitrogens with zero attached hydrogens (tertiary/aromatic N) is 4. The van der Waals surface area contributed by atoms with Gasteiger partial charge in [-0.2, -0.15) is 26.3 Å². The van der Waals surface area contributed by atoms with E-state index in [0.29, 0.717) is 29.8 Å². The lowest BCUT2D eigenvalue weighted by atomic mass is 10.0. The molecule has 0 aliphatic carbocycles. The number of ether oxygens (including phenoxy) is 1. The van der Waals surface area contributed by atoms with E-state index in [4.69, 9.17) is 4.74 Å². The number of sulfone groups is 1. The second-order valence-electron chi connectivity index (χ2n) is 10.2. The first kappa shape index (κ1) is 30.6. The molecule has 1 N–H and O–H groups in total. The SMILES string of the molecule is C[C@@H]1CN(Cc2nc(Nc3ccc(S(=O)(=O)C(F)(F)F)cc3)c3ccc(-c4ncccc4C(F)(F)F)cc3n2)C[C@H](C)O1. The van der Waals surface area contributed by atoms with E-state index in [1.165, 1.54) is 30.5 Å². The van der Waals surface area contributed by atoms with Crippen LogP contribution >= 0.6 is 0 Å². The fourth-order valence-electron chi connectivity index (χ4n) is 4.96. The molecular weight excluding hydrogens is 600 g/mol. The molecule has 0 radical (unpaired) electrons. The zero-order valence-corrected chi connectivity index (χ0v) is 23.6. The second-order valence-corrected chi connectivity index (χ2v) is 12.1. The van der Waals surface area contributed by atoms with Gasteiger partial charge in [0.2, 0.25) is 0 Å². The minimum atomic E-state index is -5.53. The summed E-state index contributed by atoms with van der Waals surface area (Å²) < 4.78 is 109. The van der Waals surface area contributed by atoms with Crippen molar-refractivity contribution in [3.8, 4) is 11.3 Å². The topological polar surface area (TPSA) is 97.3 Å². The molecular formula is C28H25F6N5O3S. The van der Waals surface area contributed by atoms with Crippen molar-refractivity contribution in [3.05, 3.63) is 72.2 Å². The van der Waals surface area contributed by atoms with Gasteiger partial charge in [0, 0.05) is 35.9 Å². The summed E-state index contributed by atoms with van der Waals surface area (Å²) in [7, 11) is -5.53. The molecule has 43 heavy (non-hydrogen) atoms. The summed E-state index contributed by atoms with van der Waals surface area (Å²) in [5.74, 6) is 0.561. The highest BCUT2D eigenvalue weighted by molar-refractivity contribution is 7.92. The number of hydrogen-bond acceptors (Lipinski definition) is 8. The van der Waals surface area contributed by atoms with E-state index >= 15 is 0 Å². The van der Waals surface area contributed by atoms with Gasteiger partial charge >= 0.3 is 11.7 Å². The van der Waals surface area contributed by atoms with Crippen molar-refractivity contribution in [3.63, 3.8) is 0 Å². The summed E-state index contributed by atoms with van der Waals surface area (Å²) >= 11 is 0. The van der Waals surface area contributed by atoms with Crippen LogP contribution in [0.1, 0.15) is 25.2 Å². The standard InChI is InChI=1S/C28H25F6N5O3S/c1-16-13-39(14-17(2)42-16)15-24-37-23-12-18(25-22(27(29,30)31)4-3-11-35-25)5-10-21(23)26(38-24)36-19-6-8-20(9-7-19)43(40,41)28(32,33)34/h3-12,16-17H,13-15H2,1-2H3,(H,36,37,38)/t16-,17+. The number of pyridine rings is 1. The van der Waals surface area contributed by atoms with Crippen LogP contribution in [0.5, 0.6) is 0 Å². The van der Waals surface area contributed by atoms with Crippen molar-refractivity contribution < 1.29 is 39.5 Å². The van der Waals surface area contributed by atoms with Gasteiger partial charge in [-0.25, -0.2) is 18.4 Å². The first-order valence-corrected chi connectivity index (χ1v) is 14.5. The summed E-state index contributed by atoms with van der Waals surface area (Å²) in [6, 6.07) is 10.5. The third-order valence-electron chi connectivity index (χ3n) is 6.72. The van der Waals surface area contributed by atoms with E-state index in [9.17, 15) is 34.8 Å². The molecule has 1 aliphatic heterocycles. The van der Waals surface area contributed by atoms with Gasteiger partial charge in [0.15, 0.2) is 0 Å². The van der Waals surface area contributed by atoms with Crippen LogP contribution in [0.4, 0.5) is 37.8 Å². The minimum absolute atomic E-state index is 0.0511. The van der Waals surface area contributed by atoms with Crippen molar-refractivity contribution >= 4 is 32.2 Å². The number of morpholine rings is 1. The van der Waals surface area contributed by atoms with Crippen molar-refractivity contribution in [1.29, 1.82) is 0 Å². The molecule has 15 heteroatoms. The van der Waals surface area contributed by atoms with E-state index in [2.05, 4.69) is 25.2 Å². The summed E-state index contributed by atoms with van der Waals surface area (Å²) in [5.41, 5.74) is -5.93. The van der Waals surface area contributed by atoms with Gasteiger partial charge in [0.25, 0.3) is 9.84 Å². The Hall–Kier alpha value is -3.82. The van der Waals surface area contributed by atoms with Crippen molar-refractivity contribution in [2.24, 2.45) is 0 Å². The quantitative estimate of drug-likeness (QED) is 0.248. The Bertz CT molecular complexity index is 1740. The molecule has 4 aromatic rings. The normalized spacial score (nSPS) is 18.6. The summed E-state index contributed by atoms with van der Waals surface area (Å²) in [6.07, 6.45) is -3.48. The first-order chi connectivity index (χ1) is 20.1. The molecule has 1 fully saturated rings. The van der Waals surface area contributed by atoms with Crippen LogP contribution < -0.4 is 5.32 Å². The van der Waals surface area contributed by atoms with Gasteiger partial charge in [-0.05, 0) is 62.4 Å². The number of aromatic nitrogens is 3. The molecule has 0 amide bonds. The molecule has 0 bridgehead atoms. The van der Waals surface area contributed by atoms with Crippen LogP contribution in [-0.2, 0) is 27.3 Å². The smallest absolute Gasteiger partial charge is 0.373 e. The highest BCUT2D eigenvalue weighted by atomic mass is 32.2. The van der Waals surface area contributed by atoms with Crippen LogP contribution in [0.2, 0.25) is 0 Å². The van der Waals surface area contributed by atoms with E-state index in [1.54, 1.807) is 0 Å². The third-order valence-corrected chi connectivity index (χ3v) is 8.22. The number of anilines is 2. The molecule has 1 aliphatic rings. The van der Waals surface area contributed by atoms with Gasteiger partial charge < -0.3 is 10.1 Å². The van der Waals surface area contributed by atoms with Crippen molar-refractivity contribution in [2.45, 2.75) is 49.2 Å². The monoisotopic (exact) mass is 625 g/mol. The van der Waals surface area contributed by atoms with E-state index < -0.39 is 32.0 Å². The van der Waals surface area contributed by atoms with Gasteiger partial charge in [0.1, 0.15) is 11.6 Å². The molecule has 3 heterocycles. The van der Waals surface area contributed by atoms with E-state index in [-0.39, 0.29) is 41.5 Å². The van der Waals surface area contributed by atoms with Crippen molar-refractivity contribution in [2.75, 3.05) is 18.4 Å². The molecule has 2 aromatic carbocycles. The number of halogens is 6. The molecule has 0 unspecified atom stereocenters. The van der Waals surface area contributed by atoms with Crippen LogP contribution in [0.3, 0.4) is 0 Å². The van der Waals surface area contributed by atoms with Crippen LogP contribution in [-0.4, -0.2) is 59.1 Å².